The summed E-state index contributed by atoms with van der Waals surface area (Å²) in [6.45, 7) is 19.2. The molecule has 0 aliphatic rings. The van der Waals surface area contributed by atoms with Gasteiger partial charge in [-0.05, 0) is 46.6 Å². The Morgan fingerprint density at radius 1 is 0.288 bits per heavy atom. The topological polar surface area (TPSA) is 210 Å². The second kappa shape index (κ2) is 36.1. The van der Waals surface area contributed by atoms with Gasteiger partial charge in [0.15, 0.2) is 0 Å². The number of nitrogens with zero attached hydrogens (tertiary/aromatic N) is 4. The average molecular weight is 838 g/mol. The van der Waals surface area contributed by atoms with Gasteiger partial charge in [0, 0.05) is 156 Å². The quantitative estimate of drug-likeness (QED) is 0.0585. The summed E-state index contributed by atoms with van der Waals surface area (Å²) in [5.41, 5.74) is 0. The Hall–Kier alpha value is -3.80. The van der Waals surface area contributed by atoms with Gasteiger partial charge < -0.3 is 46.2 Å². The summed E-state index contributed by atoms with van der Waals surface area (Å²) < 4.78 is 0. The number of carbonyl (C=O) groups excluding carboxylic acids is 8. The van der Waals surface area contributed by atoms with E-state index in [2.05, 4.69) is 31.5 Å². The minimum atomic E-state index is -0.149. The van der Waals surface area contributed by atoms with E-state index in [4.69, 9.17) is 0 Å². The molecule has 340 valence electrons. The molecule has 0 rings (SSSR count). The Labute approximate surface area is 354 Å². The van der Waals surface area contributed by atoms with Crippen LogP contribution in [0.1, 0.15) is 112 Å². The molecule has 0 aliphatic carbocycles. The van der Waals surface area contributed by atoms with Crippen LogP contribution in [-0.2, 0) is 38.4 Å². The molecule has 0 saturated heterocycles. The molecular weight excluding hydrogens is 759 g/mol. The van der Waals surface area contributed by atoms with E-state index < -0.39 is 0 Å². The first kappa shape index (κ1) is 55.2. The lowest BCUT2D eigenvalue weighted by atomic mass is 10.2. The standard InChI is InChI=1S/C42H79N9O8/c1-7-18-43-38(55)15-30-51(31-16-39(56)44-19-8-2)34-22-47-42(59)17-29-50(26-12-37(6)54)33-21-46-41(58)14-28-48(23-9-3)27-13-40(57)45-20-32-49(24-10-35(4)52)25-11-36(5)53/h7-34H2,1-6H3,(H,43,55)(H,44,56)(H,45,57)(H,46,58)(H,47,59). The van der Waals surface area contributed by atoms with Crippen LogP contribution in [0.4, 0.5) is 0 Å². The molecule has 0 aromatic carbocycles. The predicted octanol–water partition coefficient (Wildman–Crippen LogP) is 0.893. The highest BCUT2D eigenvalue weighted by molar-refractivity contribution is 5.78. The fraction of sp³-hybridized carbons (Fsp3) is 0.810. The van der Waals surface area contributed by atoms with Crippen LogP contribution in [0.25, 0.3) is 0 Å². The van der Waals surface area contributed by atoms with Gasteiger partial charge in [-0.15, -0.1) is 0 Å². The molecule has 17 heteroatoms. The summed E-state index contributed by atoms with van der Waals surface area (Å²) in [4.78, 5) is 105. The summed E-state index contributed by atoms with van der Waals surface area (Å²) >= 11 is 0. The van der Waals surface area contributed by atoms with E-state index in [0.29, 0.717) is 137 Å². The molecule has 0 bridgehead atoms. The van der Waals surface area contributed by atoms with Crippen molar-refractivity contribution in [3.8, 4) is 0 Å². The molecule has 0 heterocycles. The molecule has 0 aliphatic heterocycles. The maximum absolute atomic E-state index is 12.8. The van der Waals surface area contributed by atoms with Crippen molar-refractivity contribution >= 4 is 46.9 Å². The van der Waals surface area contributed by atoms with E-state index in [0.717, 1.165) is 25.8 Å². The fourth-order valence-electron chi connectivity index (χ4n) is 5.93. The second-order valence-electron chi connectivity index (χ2n) is 15.2. The summed E-state index contributed by atoms with van der Waals surface area (Å²) in [6, 6.07) is 0. The predicted molar refractivity (Wildman–Crippen MR) is 231 cm³/mol. The number of nitrogens with one attached hydrogen (secondary N) is 5. The van der Waals surface area contributed by atoms with Crippen molar-refractivity contribution in [2.45, 2.75) is 112 Å². The van der Waals surface area contributed by atoms with Gasteiger partial charge in [0.25, 0.3) is 0 Å². The SMILES string of the molecule is CCCNC(=O)CCN(CCNC(=O)CCN(CCNC(=O)CCN(CCC)CCC(=O)NCCN(CCC(C)=O)CCC(C)=O)CCC(C)=O)CCC(=O)NCCC. The van der Waals surface area contributed by atoms with Crippen molar-refractivity contribution in [1.29, 1.82) is 0 Å². The van der Waals surface area contributed by atoms with Gasteiger partial charge in [0.2, 0.25) is 29.5 Å². The third kappa shape index (κ3) is 34.7. The molecule has 0 unspecified atom stereocenters. The average Bonchev–Trinajstić information content (AvgIpc) is 3.19. The monoisotopic (exact) mass is 838 g/mol. The molecule has 0 fully saturated rings. The second-order valence-corrected chi connectivity index (χ2v) is 15.2. The maximum Gasteiger partial charge on any atom is 0.221 e. The van der Waals surface area contributed by atoms with Crippen LogP contribution < -0.4 is 26.6 Å². The highest BCUT2D eigenvalue weighted by atomic mass is 16.2. The summed E-state index contributed by atoms with van der Waals surface area (Å²) in [5.74, 6) is -0.253. The van der Waals surface area contributed by atoms with Crippen LogP contribution in [0.5, 0.6) is 0 Å². The fourth-order valence-corrected chi connectivity index (χ4v) is 5.93. The first-order valence-electron chi connectivity index (χ1n) is 21.9. The molecule has 0 atom stereocenters. The van der Waals surface area contributed by atoms with Crippen molar-refractivity contribution in [3.63, 3.8) is 0 Å². The van der Waals surface area contributed by atoms with Crippen LogP contribution in [0.15, 0.2) is 0 Å². The first-order valence-corrected chi connectivity index (χ1v) is 21.9. The lowest BCUT2D eigenvalue weighted by Gasteiger charge is -2.24. The Bertz CT molecular complexity index is 1210. The van der Waals surface area contributed by atoms with Crippen LogP contribution in [0.3, 0.4) is 0 Å². The van der Waals surface area contributed by atoms with Crippen molar-refractivity contribution in [1.82, 2.24) is 46.2 Å². The van der Waals surface area contributed by atoms with E-state index in [1.54, 1.807) is 0 Å². The van der Waals surface area contributed by atoms with Crippen molar-refractivity contribution < 1.29 is 38.4 Å². The number of hydrogen-bond acceptors (Lipinski definition) is 12. The lowest BCUT2D eigenvalue weighted by Crippen LogP contribution is -2.41. The lowest BCUT2D eigenvalue weighted by molar-refractivity contribution is -0.123. The van der Waals surface area contributed by atoms with Crippen LogP contribution in [-0.4, -0.2) is 178 Å². The van der Waals surface area contributed by atoms with Gasteiger partial charge in [-0.2, -0.15) is 0 Å². The maximum atomic E-state index is 12.8. The zero-order valence-electron chi connectivity index (χ0n) is 37.4. The Morgan fingerprint density at radius 3 is 0.729 bits per heavy atom. The van der Waals surface area contributed by atoms with Crippen molar-refractivity contribution in [2.75, 3.05) is 111 Å². The number of rotatable bonds is 39. The highest BCUT2D eigenvalue weighted by Crippen LogP contribution is 2.01. The summed E-state index contributed by atoms with van der Waals surface area (Å²) in [5, 5.41) is 14.6. The van der Waals surface area contributed by atoms with Gasteiger partial charge in [0.05, 0.1) is 0 Å². The normalized spacial score (nSPS) is 11.2. The Morgan fingerprint density at radius 2 is 0.508 bits per heavy atom. The van der Waals surface area contributed by atoms with Crippen LogP contribution in [0, 0.1) is 0 Å². The summed E-state index contributed by atoms with van der Waals surface area (Å²) in [6.07, 6.45) is 5.08. The number of ketones is 3. The van der Waals surface area contributed by atoms with E-state index >= 15 is 0 Å². The van der Waals surface area contributed by atoms with Gasteiger partial charge in [-0.3, -0.25) is 38.4 Å². The van der Waals surface area contributed by atoms with Crippen molar-refractivity contribution in [3.05, 3.63) is 0 Å². The van der Waals surface area contributed by atoms with Gasteiger partial charge in [-0.1, -0.05) is 20.8 Å². The molecule has 17 nitrogen and oxygen atoms in total. The van der Waals surface area contributed by atoms with Gasteiger partial charge in [0.1, 0.15) is 17.3 Å². The van der Waals surface area contributed by atoms with Crippen molar-refractivity contribution in [2.24, 2.45) is 0 Å². The molecule has 0 spiro atoms. The van der Waals surface area contributed by atoms with E-state index in [9.17, 15) is 38.4 Å². The molecule has 0 radical (unpaired) electrons. The molecular formula is C42H79N9O8. The van der Waals surface area contributed by atoms with Gasteiger partial charge in [-0.25, -0.2) is 0 Å². The first-order chi connectivity index (χ1) is 28.2. The van der Waals surface area contributed by atoms with Crippen LogP contribution in [0.2, 0.25) is 0 Å². The molecule has 59 heavy (non-hydrogen) atoms. The third-order valence-electron chi connectivity index (χ3n) is 9.55. The minimum Gasteiger partial charge on any atom is -0.356 e. The van der Waals surface area contributed by atoms with Gasteiger partial charge >= 0.3 is 0 Å². The molecule has 5 amide bonds. The van der Waals surface area contributed by atoms with E-state index in [1.807, 2.05) is 35.5 Å². The smallest absolute Gasteiger partial charge is 0.221 e. The van der Waals surface area contributed by atoms with Crippen LogP contribution >= 0.6 is 0 Å². The largest absolute Gasteiger partial charge is 0.356 e. The minimum absolute atomic E-state index is 0.0383. The van der Waals surface area contributed by atoms with E-state index in [-0.39, 0.29) is 66.1 Å². The number of amides is 5. The Kier molecular flexibility index (Phi) is 33.8. The molecule has 0 aromatic rings. The zero-order chi connectivity index (χ0) is 44.3. The number of Topliss-reactive ketones (excluding diaryl/α,β-unsaturated/α-hetero) is 3. The molecule has 5 N–H and O–H groups in total. The Balaban J connectivity index is 4.80. The highest BCUT2D eigenvalue weighted by Gasteiger charge is 2.15. The molecule has 0 aromatic heterocycles. The molecule has 0 saturated carbocycles. The number of carbonyl (C=O) groups is 8. The number of hydrogen-bond donors (Lipinski definition) is 5. The zero-order valence-corrected chi connectivity index (χ0v) is 37.4. The van der Waals surface area contributed by atoms with E-state index in [1.165, 1.54) is 20.8 Å². The summed E-state index contributed by atoms with van der Waals surface area (Å²) in [7, 11) is 0. The third-order valence-corrected chi connectivity index (χ3v) is 9.55.